The zero-order chi connectivity index (χ0) is 17.2. The van der Waals surface area contributed by atoms with Crippen LogP contribution in [-0.4, -0.2) is 47.5 Å². The number of hydrogen-bond donors (Lipinski definition) is 1. The Balaban J connectivity index is 1.53. The number of hydrogen-bond acceptors (Lipinski definition) is 5. The third-order valence-electron chi connectivity index (χ3n) is 5.00. The van der Waals surface area contributed by atoms with Gasteiger partial charge in [-0.25, -0.2) is 9.97 Å². The normalized spacial score (nSPS) is 19.6. The van der Waals surface area contributed by atoms with Crippen LogP contribution in [0.15, 0.2) is 30.5 Å². The van der Waals surface area contributed by atoms with E-state index >= 15 is 0 Å². The molecular formula is C19H22N4O2. The summed E-state index contributed by atoms with van der Waals surface area (Å²) >= 11 is 0. The molecule has 0 saturated carbocycles. The first-order valence-electron chi connectivity index (χ1n) is 8.74. The first kappa shape index (κ1) is 16.0. The molecule has 0 spiro atoms. The zero-order valence-electron chi connectivity index (χ0n) is 14.4. The van der Waals surface area contributed by atoms with Crippen LogP contribution in [-0.2, 0) is 13.0 Å². The number of para-hydroxylation sites is 1. The van der Waals surface area contributed by atoms with Crippen LogP contribution in [0.1, 0.15) is 39.8 Å². The van der Waals surface area contributed by atoms with Gasteiger partial charge >= 0.3 is 0 Å². The van der Waals surface area contributed by atoms with Crippen LogP contribution >= 0.6 is 0 Å². The lowest BCUT2D eigenvalue weighted by Gasteiger charge is -2.29. The van der Waals surface area contributed by atoms with Gasteiger partial charge in [0.2, 0.25) is 0 Å². The quantitative estimate of drug-likeness (QED) is 0.924. The molecule has 0 aliphatic carbocycles. The lowest BCUT2D eigenvalue weighted by atomic mass is 10.0. The average molecular weight is 338 g/mol. The van der Waals surface area contributed by atoms with E-state index in [0.717, 1.165) is 43.0 Å². The molecule has 3 heterocycles. The Bertz CT molecular complexity index is 787. The highest BCUT2D eigenvalue weighted by atomic mass is 16.5. The number of methoxy groups -OCH3 is 1. The minimum atomic E-state index is -0.00725. The first-order valence-corrected chi connectivity index (χ1v) is 8.74. The summed E-state index contributed by atoms with van der Waals surface area (Å²) in [6, 6.07) is 7.35. The minimum absolute atomic E-state index is 0.00725. The van der Waals surface area contributed by atoms with Gasteiger partial charge in [-0.05, 0) is 25.1 Å². The molecule has 1 aromatic carbocycles. The highest BCUT2D eigenvalue weighted by Gasteiger charge is 2.26. The molecule has 2 aliphatic heterocycles. The maximum Gasteiger partial charge on any atom is 0.257 e. The number of fused-ring (bicyclic) bond motifs is 1. The molecule has 25 heavy (non-hydrogen) atoms. The number of carbonyl (C=O) groups excluding carboxylic acids is 1. The van der Waals surface area contributed by atoms with Crippen LogP contribution in [0.5, 0.6) is 5.75 Å². The van der Waals surface area contributed by atoms with E-state index in [0.29, 0.717) is 30.3 Å². The Kier molecular flexibility index (Phi) is 4.36. The molecule has 1 fully saturated rings. The van der Waals surface area contributed by atoms with E-state index in [-0.39, 0.29) is 5.91 Å². The Morgan fingerprint density at radius 3 is 3.04 bits per heavy atom. The molecule has 0 bridgehead atoms. The fourth-order valence-electron chi connectivity index (χ4n) is 3.57. The molecule has 1 amide bonds. The molecule has 1 N–H and O–H groups in total. The number of aromatic nitrogens is 2. The van der Waals surface area contributed by atoms with Crippen molar-refractivity contribution < 1.29 is 9.53 Å². The van der Waals surface area contributed by atoms with Gasteiger partial charge < -0.3 is 15.0 Å². The van der Waals surface area contributed by atoms with Crippen molar-refractivity contribution in [2.75, 3.05) is 26.7 Å². The summed E-state index contributed by atoms with van der Waals surface area (Å²) in [7, 11) is 1.59. The highest BCUT2D eigenvalue weighted by molar-refractivity contribution is 5.97. The average Bonchev–Trinajstić information content (AvgIpc) is 3.21. The van der Waals surface area contributed by atoms with Crippen molar-refractivity contribution in [3.63, 3.8) is 0 Å². The number of nitrogens with one attached hydrogen (secondary N) is 1. The predicted octanol–water partition coefficient (Wildman–Crippen LogP) is 1.76. The number of benzene rings is 1. The fourth-order valence-corrected chi connectivity index (χ4v) is 3.57. The van der Waals surface area contributed by atoms with Gasteiger partial charge in [-0.1, -0.05) is 12.1 Å². The van der Waals surface area contributed by atoms with E-state index in [1.54, 1.807) is 7.11 Å². The van der Waals surface area contributed by atoms with Gasteiger partial charge in [-0.2, -0.15) is 0 Å². The maximum absolute atomic E-state index is 12.9. The number of nitrogens with zero attached hydrogens (tertiary/aromatic N) is 3. The van der Waals surface area contributed by atoms with Crippen LogP contribution in [0.2, 0.25) is 0 Å². The number of rotatable bonds is 3. The van der Waals surface area contributed by atoms with Gasteiger partial charge in [-0.3, -0.25) is 4.79 Å². The van der Waals surface area contributed by atoms with E-state index < -0.39 is 0 Å². The maximum atomic E-state index is 12.9. The summed E-state index contributed by atoms with van der Waals surface area (Å²) < 4.78 is 5.32. The number of amides is 1. The standard InChI is InChI=1S/C19H22N4O2/c1-25-17-5-3-2-4-15(17)19(24)23-9-7-16-14(12-23)11-21-18(22-16)13-6-8-20-10-13/h2-5,11,13,20H,6-10,12H2,1H3/t13-/m0/s1. The van der Waals surface area contributed by atoms with Crippen molar-refractivity contribution in [1.29, 1.82) is 0 Å². The molecule has 1 atom stereocenters. The number of ether oxygens (including phenoxy) is 1. The molecule has 6 nitrogen and oxygen atoms in total. The van der Waals surface area contributed by atoms with Crippen molar-refractivity contribution in [2.45, 2.75) is 25.3 Å². The van der Waals surface area contributed by atoms with Crippen LogP contribution in [0.3, 0.4) is 0 Å². The van der Waals surface area contributed by atoms with Crippen molar-refractivity contribution in [1.82, 2.24) is 20.2 Å². The second-order valence-electron chi connectivity index (χ2n) is 6.57. The number of carbonyl (C=O) groups is 1. The zero-order valence-corrected chi connectivity index (χ0v) is 14.4. The first-order chi connectivity index (χ1) is 12.3. The van der Waals surface area contributed by atoms with Crippen LogP contribution in [0.25, 0.3) is 0 Å². The van der Waals surface area contributed by atoms with Gasteiger partial charge in [-0.15, -0.1) is 0 Å². The molecule has 130 valence electrons. The second kappa shape index (κ2) is 6.80. The lowest BCUT2D eigenvalue weighted by Crippen LogP contribution is -2.36. The van der Waals surface area contributed by atoms with E-state index in [9.17, 15) is 4.79 Å². The van der Waals surface area contributed by atoms with E-state index in [2.05, 4.69) is 10.3 Å². The predicted molar refractivity (Wildman–Crippen MR) is 93.7 cm³/mol. The smallest absolute Gasteiger partial charge is 0.257 e. The Hall–Kier alpha value is -2.47. The lowest BCUT2D eigenvalue weighted by molar-refractivity contribution is 0.0729. The van der Waals surface area contributed by atoms with Gasteiger partial charge in [0.1, 0.15) is 11.6 Å². The third kappa shape index (κ3) is 3.09. The summed E-state index contributed by atoms with van der Waals surface area (Å²) in [6.07, 6.45) is 3.76. The second-order valence-corrected chi connectivity index (χ2v) is 6.57. The molecular weight excluding hydrogens is 316 g/mol. The molecule has 6 heteroatoms. The molecule has 4 rings (SSSR count). The highest BCUT2D eigenvalue weighted by Crippen LogP contribution is 2.25. The van der Waals surface area contributed by atoms with Gasteiger partial charge in [0.25, 0.3) is 5.91 Å². The summed E-state index contributed by atoms with van der Waals surface area (Å²) in [4.78, 5) is 24.1. The molecule has 2 aromatic rings. The van der Waals surface area contributed by atoms with Crippen molar-refractivity contribution in [2.24, 2.45) is 0 Å². The fraction of sp³-hybridized carbons (Fsp3) is 0.421. The summed E-state index contributed by atoms with van der Waals surface area (Å²) in [5.74, 6) is 1.96. The van der Waals surface area contributed by atoms with Crippen LogP contribution < -0.4 is 10.1 Å². The van der Waals surface area contributed by atoms with E-state index in [4.69, 9.17) is 9.72 Å². The van der Waals surface area contributed by atoms with Crippen LogP contribution in [0, 0.1) is 0 Å². The van der Waals surface area contributed by atoms with E-state index in [1.165, 1.54) is 0 Å². The largest absolute Gasteiger partial charge is 0.496 e. The Morgan fingerprint density at radius 2 is 2.24 bits per heavy atom. The topological polar surface area (TPSA) is 67.3 Å². The van der Waals surface area contributed by atoms with Gasteiger partial charge in [0.05, 0.1) is 18.4 Å². The van der Waals surface area contributed by atoms with Gasteiger partial charge in [0.15, 0.2) is 0 Å². The summed E-state index contributed by atoms with van der Waals surface area (Å²) in [6.45, 7) is 3.21. The van der Waals surface area contributed by atoms with E-state index in [1.807, 2.05) is 35.4 Å². The molecule has 0 unspecified atom stereocenters. The minimum Gasteiger partial charge on any atom is -0.496 e. The van der Waals surface area contributed by atoms with Crippen LogP contribution in [0.4, 0.5) is 0 Å². The SMILES string of the molecule is COc1ccccc1C(=O)N1CCc2nc([C@H]3CCNC3)ncc2C1. The Labute approximate surface area is 147 Å². The van der Waals surface area contributed by atoms with Gasteiger partial charge in [0, 0.05) is 43.7 Å². The summed E-state index contributed by atoms with van der Waals surface area (Å²) in [5, 5.41) is 3.36. The molecule has 1 aromatic heterocycles. The van der Waals surface area contributed by atoms with Crippen molar-refractivity contribution in [3.05, 3.63) is 53.1 Å². The molecule has 1 saturated heterocycles. The van der Waals surface area contributed by atoms with Crippen molar-refractivity contribution in [3.8, 4) is 5.75 Å². The molecule has 2 aliphatic rings. The molecule has 0 radical (unpaired) electrons. The Morgan fingerprint density at radius 1 is 1.36 bits per heavy atom. The third-order valence-corrected chi connectivity index (χ3v) is 5.00. The summed E-state index contributed by atoms with van der Waals surface area (Å²) in [5.41, 5.74) is 2.73. The monoisotopic (exact) mass is 338 g/mol. The van der Waals surface area contributed by atoms with Crippen molar-refractivity contribution >= 4 is 5.91 Å².